The van der Waals surface area contributed by atoms with Crippen LogP contribution in [0.1, 0.15) is 40.7 Å². The Balaban J connectivity index is 0.00000107. The fourth-order valence-electron chi connectivity index (χ4n) is 4.67. The number of allylic oxidation sites excluding steroid dienone is 1. The predicted octanol–water partition coefficient (Wildman–Crippen LogP) is 4.08. The van der Waals surface area contributed by atoms with E-state index < -0.39 is 11.6 Å². The number of nitrogens with zero attached hydrogens (tertiary/aromatic N) is 2. The minimum absolute atomic E-state index is 0.00674. The number of aliphatic imine (C=N–C) groups is 1. The summed E-state index contributed by atoms with van der Waals surface area (Å²) in [5, 5.41) is 3.12. The zero-order valence-electron chi connectivity index (χ0n) is 21.1. The first-order chi connectivity index (χ1) is 18.3. The highest BCUT2D eigenvalue weighted by Crippen LogP contribution is 2.62. The van der Waals surface area contributed by atoms with Gasteiger partial charge in [0, 0.05) is 54.0 Å². The zero-order valence-corrected chi connectivity index (χ0v) is 21.1. The van der Waals surface area contributed by atoms with Gasteiger partial charge in [0.05, 0.1) is 11.1 Å². The third-order valence-electron chi connectivity index (χ3n) is 7.13. The Morgan fingerprint density at radius 1 is 1.26 bits per heavy atom. The first kappa shape index (κ1) is 26.7. The molecule has 2 aliphatic rings. The molecule has 1 aromatic heterocycles. The summed E-state index contributed by atoms with van der Waals surface area (Å²) >= 11 is 0. The molecule has 2 saturated carbocycles. The van der Waals surface area contributed by atoms with E-state index in [9.17, 15) is 4.79 Å². The fraction of sp³-hybridized carbons (Fsp3) is 0.286. The number of ether oxygens (including phenoxy) is 1. The minimum Gasteiger partial charge on any atom is -0.456 e. The molecule has 2 aliphatic carbocycles. The Kier molecular flexibility index (Phi) is 7.70. The molecule has 198 valence electrons. The Labute approximate surface area is 218 Å². The minimum atomic E-state index is -0.730. The van der Waals surface area contributed by atoms with Crippen molar-refractivity contribution in [2.45, 2.75) is 38.1 Å². The van der Waals surface area contributed by atoms with Gasteiger partial charge in [0.2, 0.25) is 6.41 Å². The van der Waals surface area contributed by atoms with E-state index in [0.717, 1.165) is 12.8 Å². The van der Waals surface area contributed by atoms with Crippen LogP contribution in [0.25, 0.3) is 10.9 Å². The van der Waals surface area contributed by atoms with Crippen molar-refractivity contribution in [1.82, 2.24) is 10.3 Å². The number of amides is 2. The lowest BCUT2D eigenvalue weighted by molar-refractivity contribution is -0.106. The average molecular weight is 522 g/mol. The van der Waals surface area contributed by atoms with Crippen molar-refractivity contribution in [3.05, 3.63) is 76.6 Å². The summed E-state index contributed by atoms with van der Waals surface area (Å²) in [6.45, 7) is 1.54. The second-order valence-electron chi connectivity index (χ2n) is 9.35. The molecule has 2 amide bonds. The number of nitrogens with one attached hydrogen (secondary N) is 1. The van der Waals surface area contributed by atoms with Crippen molar-refractivity contribution in [2.24, 2.45) is 22.4 Å². The molecule has 8 nitrogen and oxygen atoms in total. The second kappa shape index (κ2) is 11.0. The molecule has 0 radical (unpaired) electrons. The van der Waals surface area contributed by atoms with E-state index in [2.05, 4.69) is 21.0 Å². The SMILES string of the molecule is CNC(=O)c1ccc2nccc(Oc3cc(F)c(C/C(C=NC45CCC4C5)=C/N)c(F)c3C)c2c1.NC=O. The van der Waals surface area contributed by atoms with Crippen LogP contribution in [0.15, 0.2) is 53.3 Å². The first-order valence-electron chi connectivity index (χ1n) is 12.1. The Bertz CT molecular complexity index is 1450. The van der Waals surface area contributed by atoms with E-state index in [1.165, 1.54) is 38.9 Å². The monoisotopic (exact) mass is 521 g/mol. The number of carbonyl (C=O) groups is 2. The van der Waals surface area contributed by atoms with Crippen LogP contribution in [-0.4, -0.2) is 36.1 Å². The molecule has 0 spiro atoms. The quantitative estimate of drug-likeness (QED) is 0.318. The van der Waals surface area contributed by atoms with Crippen LogP contribution in [0.4, 0.5) is 8.78 Å². The van der Waals surface area contributed by atoms with Crippen molar-refractivity contribution in [3.8, 4) is 11.5 Å². The van der Waals surface area contributed by atoms with Gasteiger partial charge in [0.1, 0.15) is 23.1 Å². The maximum atomic E-state index is 15.3. The number of carbonyl (C=O) groups excluding carboxylic acids is 2. The van der Waals surface area contributed by atoms with Gasteiger partial charge < -0.3 is 21.5 Å². The largest absolute Gasteiger partial charge is 0.456 e. The van der Waals surface area contributed by atoms with Gasteiger partial charge in [0.25, 0.3) is 5.91 Å². The lowest BCUT2D eigenvalue weighted by Gasteiger charge is -2.20. The number of hydrogen-bond acceptors (Lipinski definition) is 6. The van der Waals surface area contributed by atoms with Crippen LogP contribution in [0, 0.1) is 24.5 Å². The number of primary amides is 1. The molecule has 2 atom stereocenters. The van der Waals surface area contributed by atoms with Gasteiger partial charge in [-0.05, 0) is 68.1 Å². The predicted molar refractivity (Wildman–Crippen MR) is 141 cm³/mol. The van der Waals surface area contributed by atoms with E-state index >= 15 is 8.78 Å². The smallest absolute Gasteiger partial charge is 0.251 e. The van der Waals surface area contributed by atoms with Crippen molar-refractivity contribution in [1.29, 1.82) is 0 Å². The Hall–Kier alpha value is -4.34. The van der Waals surface area contributed by atoms with Crippen LogP contribution < -0.4 is 21.5 Å². The topological polar surface area (TPSA) is 133 Å². The molecule has 0 saturated heterocycles. The first-order valence-corrected chi connectivity index (χ1v) is 12.1. The van der Waals surface area contributed by atoms with Gasteiger partial charge in [0.15, 0.2) is 0 Å². The van der Waals surface area contributed by atoms with Gasteiger partial charge in [-0.3, -0.25) is 19.6 Å². The number of hydrogen-bond donors (Lipinski definition) is 3. The van der Waals surface area contributed by atoms with Crippen LogP contribution in [-0.2, 0) is 11.2 Å². The Morgan fingerprint density at radius 3 is 2.63 bits per heavy atom. The summed E-state index contributed by atoms with van der Waals surface area (Å²) in [5.41, 5.74) is 11.6. The molecule has 2 fully saturated rings. The lowest BCUT2D eigenvalue weighted by Crippen LogP contribution is -2.19. The third-order valence-corrected chi connectivity index (χ3v) is 7.13. The van der Waals surface area contributed by atoms with Gasteiger partial charge in [-0.2, -0.15) is 0 Å². The molecule has 2 unspecified atom stereocenters. The van der Waals surface area contributed by atoms with E-state index in [0.29, 0.717) is 33.7 Å². The van der Waals surface area contributed by atoms with Gasteiger partial charge in [-0.1, -0.05) is 0 Å². The highest BCUT2D eigenvalue weighted by molar-refractivity contribution is 5.99. The second-order valence-corrected chi connectivity index (χ2v) is 9.35. The molecule has 2 aromatic carbocycles. The molecule has 10 heteroatoms. The molecular weight excluding hydrogens is 492 g/mol. The highest BCUT2D eigenvalue weighted by Gasteiger charge is 2.61. The molecule has 5 rings (SSSR count). The van der Waals surface area contributed by atoms with Crippen LogP contribution >= 0.6 is 0 Å². The molecule has 0 aliphatic heterocycles. The normalized spacial score (nSPS) is 19.7. The van der Waals surface area contributed by atoms with Crippen LogP contribution in [0.3, 0.4) is 0 Å². The molecule has 1 heterocycles. The fourth-order valence-corrected chi connectivity index (χ4v) is 4.67. The standard InChI is InChI=1S/C27H26F2N4O2.CH3NO/c1-15-24(35-23-6-8-32-22-4-3-17(10-20(22)23)26(34)31-2)11-21(28)19(25(15)29)9-16(13-30)14-33-27-7-5-18(27)12-27;2-1-3/h3-4,6,8,10-11,13-14,18H,5,7,9,12,30H2,1-2H3,(H,31,34);1H,(H2,2,3)/b16-13-,33-14?;. The summed E-state index contributed by atoms with van der Waals surface area (Å²) in [4.78, 5) is 29.6. The number of benzene rings is 2. The van der Waals surface area contributed by atoms with E-state index in [4.69, 9.17) is 15.3 Å². The third kappa shape index (κ3) is 5.20. The van der Waals surface area contributed by atoms with Gasteiger partial charge in [-0.25, -0.2) is 8.78 Å². The van der Waals surface area contributed by atoms with E-state index in [-0.39, 0.29) is 41.2 Å². The molecule has 38 heavy (non-hydrogen) atoms. The van der Waals surface area contributed by atoms with Gasteiger partial charge >= 0.3 is 0 Å². The maximum absolute atomic E-state index is 15.3. The zero-order chi connectivity index (χ0) is 27.4. The number of fused-ring (bicyclic) bond motifs is 2. The van der Waals surface area contributed by atoms with Crippen molar-refractivity contribution in [2.75, 3.05) is 7.05 Å². The maximum Gasteiger partial charge on any atom is 0.251 e. The molecular formula is C28H29F2N5O3. The van der Waals surface area contributed by atoms with E-state index in [1.54, 1.807) is 30.5 Å². The average Bonchev–Trinajstić information content (AvgIpc) is 3.44. The molecule has 0 bridgehead atoms. The van der Waals surface area contributed by atoms with Crippen LogP contribution in [0.5, 0.6) is 11.5 Å². The van der Waals surface area contributed by atoms with Crippen LogP contribution in [0.2, 0.25) is 0 Å². The molecule has 3 aromatic rings. The number of rotatable bonds is 7. The summed E-state index contributed by atoms with van der Waals surface area (Å²) in [7, 11) is 1.54. The summed E-state index contributed by atoms with van der Waals surface area (Å²) in [6, 6.07) is 7.75. The van der Waals surface area contributed by atoms with Crippen molar-refractivity contribution in [3.63, 3.8) is 0 Å². The summed E-state index contributed by atoms with van der Waals surface area (Å²) in [6.07, 6.45) is 8.14. The van der Waals surface area contributed by atoms with E-state index in [1.807, 2.05) is 0 Å². The summed E-state index contributed by atoms with van der Waals surface area (Å²) < 4.78 is 36.3. The number of aromatic nitrogens is 1. The van der Waals surface area contributed by atoms with Crippen molar-refractivity contribution < 1.29 is 23.1 Å². The lowest BCUT2D eigenvalue weighted by atomic mass is 9.93. The highest BCUT2D eigenvalue weighted by atomic mass is 19.1. The number of halogens is 2. The van der Waals surface area contributed by atoms with Gasteiger partial charge in [-0.15, -0.1) is 0 Å². The molecule has 5 N–H and O–H groups in total. The van der Waals surface area contributed by atoms with Crippen molar-refractivity contribution >= 4 is 29.4 Å². The Morgan fingerprint density at radius 2 is 2.03 bits per heavy atom. The number of nitrogens with two attached hydrogens (primary N) is 2. The number of pyridine rings is 1. The summed E-state index contributed by atoms with van der Waals surface area (Å²) in [5.74, 6) is -0.649.